The number of carbonyl (C=O) groups is 1. The average Bonchev–Trinajstić information content (AvgIpc) is 2.47. The second-order valence-electron chi connectivity index (χ2n) is 4.78. The van der Waals surface area contributed by atoms with Crippen LogP contribution in [-0.4, -0.2) is 49.4 Å². The van der Waals surface area contributed by atoms with Crippen LogP contribution < -0.4 is 10.5 Å². The molecule has 6 nitrogen and oxygen atoms in total. The summed E-state index contributed by atoms with van der Waals surface area (Å²) in [5.41, 5.74) is 7.19. The van der Waals surface area contributed by atoms with E-state index in [0.29, 0.717) is 12.1 Å². The standard InChI is InChI=1S/C14H20N2O4/c1-19-12-3-2-10(13(15)14(17)18)8-11(12)9-16-4-6-20-7-5-16/h2-3,8,13H,4-7,9,15H2,1H3,(H,17,18). The summed E-state index contributed by atoms with van der Waals surface area (Å²) in [6.45, 7) is 3.86. The van der Waals surface area contributed by atoms with Crippen molar-refractivity contribution in [3.05, 3.63) is 29.3 Å². The van der Waals surface area contributed by atoms with E-state index in [0.717, 1.165) is 37.6 Å². The Morgan fingerprint density at radius 3 is 2.80 bits per heavy atom. The van der Waals surface area contributed by atoms with E-state index in [-0.39, 0.29) is 0 Å². The van der Waals surface area contributed by atoms with Gasteiger partial charge in [-0.25, -0.2) is 0 Å². The molecule has 1 aromatic carbocycles. The number of hydrogen-bond donors (Lipinski definition) is 2. The van der Waals surface area contributed by atoms with Crippen molar-refractivity contribution in [3.63, 3.8) is 0 Å². The van der Waals surface area contributed by atoms with Gasteiger partial charge < -0.3 is 20.3 Å². The van der Waals surface area contributed by atoms with Crippen molar-refractivity contribution < 1.29 is 19.4 Å². The molecule has 1 aliphatic rings. The third-order valence-electron chi connectivity index (χ3n) is 3.43. The lowest BCUT2D eigenvalue weighted by atomic mass is 10.0. The minimum absolute atomic E-state index is 0.585. The number of nitrogens with zero attached hydrogens (tertiary/aromatic N) is 1. The first kappa shape index (κ1) is 14.8. The zero-order chi connectivity index (χ0) is 14.5. The number of morpholine rings is 1. The molecule has 6 heteroatoms. The predicted octanol–water partition coefficient (Wildman–Crippen LogP) is 0.612. The van der Waals surface area contributed by atoms with E-state index in [1.54, 1.807) is 19.2 Å². The lowest BCUT2D eigenvalue weighted by molar-refractivity contribution is -0.138. The molecule has 20 heavy (non-hydrogen) atoms. The van der Waals surface area contributed by atoms with Crippen LogP contribution in [0.3, 0.4) is 0 Å². The summed E-state index contributed by atoms with van der Waals surface area (Å²) < 4.78 is 10.7. The zero-order valence-corrected chi connectivity index (χ0v) is 11.5. The summed E-state index contributed by atoms with van der Waals surface area (Å²) >= 11 is 0. The van der Waals surface area contributed by atoms with Crippen molar-refractivity contribution in [1.82, 2.24) is 4.90 Å². The monoisotopic (exact) mass is 280 g/mol. The second-order valence-corrected chi connectivity index (χ2v) is 4.78. The summed E-state index contributed by atoms with van der Waals surface area (Å²) in [5, 5.41) is 8.99. The van der Waals surface area contributed by atoms with Crippen molar-refractivity contribution in [1.29, 1.82) is 0 Å². The number of carboxylic acid groups (broad SMARTS) is 1. The molecule has 0 spiro atoms. The Bertz CT molecular complexity index is 472. The van der Waals surface area contributed by atoms with Gasteiger partial charge in [0.25, 0.3) is 0 Å². The van der Waals surface area contributed by atoms with E-state index in [1.807, 2.05) is 6.07 Å². The molecule has 2 rings (SSSR count). The van der Waals surface area contributed by atoms with E-state index in [2.05, 4.69) is 4.90 Å². The third-order valence-corrected chi connectivity index (χ3v) is 3.43. The lowest BCUT2D eigenvalue weighted by Gasteiger charge is -2.27. The van der Waals surface area contributed by atoms with Crippen LogP contribution in [0.25, 0.3) is 0 Å². The van der Waals surface area contributed by atoms with Gasteiger partial charge in [0.2, 0.25) is 0 Å². The molecule has 0 aliphatic carbocycles. The Balaban J connectivity index is 2.19. The molecule has 110 valence electrons. The molecule has 0 radical (unpaired) electrons. The number of rotatable bonds is 5. The molecule has 1 fully saturated rings. The van der Waals surface area contributed by atoms with E-state index < -0.39 is 12.0 Å². The normalized spacial score (nSPS) is 17.7. The Morgan fingerprint density at radius 1 is 1.50 bits per heavy atom. The van der Waals surface area contributed by atoms with E-state index >= 15 is 0 Å². The van der Waals surface area contributed by atoms with Gasteiger partial charge in [-0.1, -0.05) is 6.07 Å². The Kier molecular flexibility index (Phi) is 4.94. The fourth-order valence-corrected chi connectivity index (χ4v) is 2.26. The van der Waals surface area contributed by atoms with Crippen LogP contribution in [0.1, 0.15) is 17.2 Å². The van der Waals surface area contributed by atoms with E-state index in [4.69, 9.17) is 20.3 Å². The summed E-state index contributed by atoms with van der Waals surface area (Å²) in [5.74, 6) is -0.287. The number of benzene rings is 1. The van der Waals surface area contributed by atoms with Gasteiger partial charge in [-0.15, -0.1) is 0 Å². The molecule has 0 bridgehead atoms. The first-order valence-corrected chi connectivity index (χ1v) is 6.57. The molecule has 1 heterocycles. The number of hydrogen-bond acceptors (Lipinski definition) is 5. The third kappa shape index (κ3) is 3.47. The second kappa shape index (κ2) is 6.69. The van der Waals surface area contributed by atoms with Crippen molar-refractivity contribution >= 4 is 5.97 Å². The van der Waals surface area contributed by atoms with Gasteiger partial charge in [0.1, 0.15) is 11.8 Å². The highest BCUT2D eigenvalue weighted by molar-refractivity contribution is 5.75. The smallest absolute Gasteiger partial charge is 0.325 e. The fourth-order valence-electron chi connectivity index (χ4n) is 2.26. The van der Waals surface area contributed by atoms with Crippen LogP contribution in [0.5, 0.6) is 5.75 Å². The minimum atomic E-state index is -1.03. The van der Waals surface area contributed by atoms with Crippen LogP contribution in [0, 0.1) is 0 Å². The summed E-state index contributed by atoms with van der Waals surface area (Å²) in [6, 6.07) is 4.27. The van der Waals surface area contributed by atoms with Crippen molar-refractivity contribution in [2.45, 2.75) is 12.6 Å². The van der Waals surface area contributed by atoms with Gasteiger partial charge in [0.05, 0.1) is 20.3 Å². The maximum absolute atomic E-state index is 11.0. The van der Waals surface area contributed by atoms with Crippen LogP contribution in [0.15, 0.2) is 18.2 Å². The topological polar surface area (TPSA) is 85.0 Å². The molecule has 0 amide bonds. The zero-order valence-electron chi connectivity index (χ0n) is 11.5. The van der Waals surface area contributed by atoms with Crippen LogP contribution >= 0.6 is 0 Å². The molecule has 3 N–H and O–H groups in total. The van der Waals surface area contributed by atoms with Gasteiger partial charge in [-0.3, -0.25) is 9.69 Å². The maximum atomic E-state index is 11.0. The number of carboxylic acids is 1. The Morgan fingerprint density at radius 2 is 2.20 bits per heavy atom. The highest BCUT2D eigenvalue weighted by Gasteiger charge is 2.18. The van der Waals surface area contributed by atoms with Gasteiger partial charge in [0.15, 0.2) is 0 Å². The highest BCUT2D eigenvalue weighted by Crippen LogP contribution is 2.24. The van der Waals surface area contributed by atoms with Crippen molar-refractivity contribution in [3.8, 4) is 5.75 Å². The summed E-state index contributed by atoms with van der Waals surface area (Å²) in [4.78, 5) is 13.2. The summed E-state index contributed by atoms with van der Waals surface area (Å²) in [6.07, 6.45) is 0. The van der Waals surface area contributed by atoms with Crippen molar-refractivity contribution in [2.24, 2.45) is 5.73 Å². The Hall–Kier alpha value is -1.63. The quantitative estimate of drug-likeness (QED) is 0.822. The molecule has 1 atom stereocenters. The molecule has 1 saturated heterocycles. The molecule has 0 saturated carbocycles. The van der Waals surface area contributed by atoms with E-state index in [9.17, 15) is 4.79 Å². The van der Waals surface area contributed by atoms with Crippen LogP contribution in [0.4, 0.5) is 0 Å². The van der Waals surface area contributed by atoms with Gasteiger partial charge in [0, 0.05) is 25.2 Å². The highest BCUT2D eigenvalue weighted by atomic mass is 16.5. The van der Waals surface area contributed by atoms with Crippen LogP contribution in [-0.2, 0) is 16.1 Å². The maximum Gasteiger partial charge on any atom is 0.325 e. The molecular formula is C14H20N2O4. The molecule has 1 unspecified atom stereocenters. The largest absolute Gasteiger partial charge is 0.496 e. The minimum Gasteiger partial charge on any atom is -0.496 e. The SMILES string of the molecule is COc1ccc(C(N)C(=O)O)cc1CN1CCOCC1. The Labute approximate surface area is 118 Å². The first-order valence-electron chi connectivity index (χ1n) is 6.57. The molecule has 0 aromatic heterocycles. The summed E-state index contributed by atoms with van der Waals surface area (Å²) in [7, 11) is 1.61. The molecular weight excluding hydrogens is 260 g/mol. The number of ether oxygens (including phenoxy) is 2. The fraction of sp³-hybridized carbons (Fsp3) is 0.500. The van der Waals surface area contributed by atoms with Crippen LogP contribution in [0.2, 0.25) is 0 Å². The number of nitrogens with two attached hydrogens (primary N) is 1. The van der Waals surface area contributed by atoms with Gasteiger partial charge in [-0.05, 0) is 17.7 Å². The van der Waals surface area contributed by atoms with Crippen molar-refractivity contribution in [2.75, 3.05) is 33.4 Å². The lowest BCUT2D eigenvalue weighted by Crippen LogP contribution is -2.35. The number of methoxy groups -OCH3 is 1. The van der Waals surface area contributed by atoms with Gasteiger partial charge in [-0.2, -0.15) is 0 Å². The molecule has 1 aliphatic heterocycles. The number of aliphatic carboxylic acids is 1. The molecule has 1 aromatic rings. The average molecular weight is 280 g/mol. The predicted molar refractivity (Wildman–Crippen MR) is 73.7 cm³/mol. The van der Waals surface area contributed by atoms with E-state index in [1.165, 1.54) is 0 Å². The van der Waals surface area contributed by atoms with Gasteiger partial charge >= 0.3 is 5.97 Å². The first-order chi connectivity index (χ1) is 9.61.